The number of amides is 1. The average Bonchev–Trinajstić information content (AvgIpc) is 3.08. The SMILES string of the molecule is Cc1ccc2nc(-c3ccc(NC(=O)c4ccnn4C)cc3)ncc2c1. The summed E-state index contributed by atoms with van der Waals surface area (Å²) in [6.07, 6.45) is 3.43. The molecule has 0 aliphatic rings. The fraction of sp³-hybridized carbons (Fsp3) is 0.100. The van der Waals surface area contributed by atoms with E-state index in [0.717, 1.165) is 16.5 Å². The van der Waals surface area contributed by atoms with Crippen molar-refractivity contribution in [2.45, 2.75) is 6.92 Å². The summed E-state index contributed by atoms with van der Waals surface area (Å²) in [6.45, 7) is 2.05. The third-order valence-electron chi connectivity index (χ3n) is 4.19. The quantitative estimate of drug-likeness (QED) is 0.617. The van der Waals surface area contributed by atoms with Gasteiger partial charge in [-0.25, -0.2) is 9.97 Å². The normalized spacial score (nSPS) is 10.8. The average molecular weight is 343 g/mol. The van der Waals surface area contributed by atoms with Crippen LogP contribution in [0.5, 0.6) is 0 Å². The van der Waals surface area contributed by atoms with E-state index in [1.807, 2.05) is 49.5 Å². The predicted molar refractivity (Wildman–Crippen MR) is 101 cm³/mol. The number of carbonyl (C=O) groups is 1. The van der Waals surface area contributed by atoms with Gasteiger partial charge in [-0.15, -0.1) is 0 Å². The molecule has 0 radical (unpaired) electrons. The van der Waals surface area contributed by atoms with E-state index in [-0.39, 0.29) is 5.91 Å². The van der Waals surface area contributed by atoms with Crippen LogP contribution in [0.1, 0.15) is 16.1 Å². The van der Waals surface area contributed by atoms with Crippen molar-refractivity contribution in [2.75, 3.05) is 5.32 Å². The van der Waals surface area contributed by atoms with Gasteiger partial charge in [-0.1, -0.05) is 11.6 Å². The molecule has 2 aromatic heterocycles. The van der Waals surface area contributed by atoms with Crippen LogP contribution in [-0.4, -0.2) is 25.7 Å². The fourth-order valence-electron chi connectivity index (χ4n) is 2.79. The fourth-order valence-corrected chi connectivity index (χ4v) is 2.79. The number of nitrogens with one attached hydrogen (secondary N) is 1. The molecule has 2 heterocycles. The summed E-state index contributed by atoms with van der Waals surface area (Å²) in [6, 6.07) is 15.3. The summed E-state index contributed by atoms with van der Waals surface area (Å²) in [5.41, 5.74) is 4.20. The van der Waals surface area contributed by atoms with Crippen LogP contribution < -0.4 is 5.32 Å². The monoisotopic (exact) mass is 343 g/mol. The third-order valence-corrected chi connectivity index (χ3v) is 4.19. The molecule has 26 heavy (non-hydrogen) atoms. The number of aryl methyl sites for hydroxylation is 2. The first-order valence-electron chi connectivity index (χ1n) is 8.23. The molecular weight excluding hydrogens is 326 g/mol. The Kier molecular flexibility index (Phi) is 3.93. The molecule has 0 spiro atoms. The van der Waals surface area contributed by atoms with E-state index in [0.29, 0.717) is 17.2 Å². The maximum Gasteiger partial charge on any atom is 0.273 e. The molecule has 0 unspecified atom stereocenters. The van der Waals surface area contributed by atoms with E-state index in [9.17, 15) is 4.79 Å². The molecule has 0 aliphatic heterocycles. The zero-order valence-electron chi connectivity index (χ0n) is 14.5. The lowest BCUT2D eigenvalue weighted by molar-refractivity contribution is 0.101. The summed E-state index contributed by atoms with van der Waals surface area (Å²) >= 11 is 0. The maximum absolute atomic E-state index is 12.2. The lowest BCUT2D eigenvalue weighted by Crippen LogP contribution is -2.15. The first-order valence-corrected chi connectivity index (χ1v) is 8.23. The van der Waals surface area contributed by atoms with Gasteiger partial charge in [0.25, 0.3) is 5.91 Å². The van der Waals surface area contributed by atoms with Gasteiger partial charge in [-0.3, -0.25) is 9.48 Å². The Morgan fingerprint density at radius 1 is 1.08 bits per heavy atom. The van der Waals surface area contributed by atoms with Crippen LogP contribution in [0.2, 0.25) is 0 Å². The molecule has 1 amide bonds. The molecule has 128 valence electrons. The summed E-state index contributed by atoms with van der Waals surface area (Å²) in [4.78, 5) is 21.3. The van der Waals surface area contributed by atoms with Crippen molar-refractivity contribution in [3.05, 3.63) is 72.2 Å². The van der Waals surface area contributed by atoms with Gasteiger partial charge < -0.3 is 5.32 Å². The molecule has 4 aromatic rings. The Bertz CT molecular complexity index is 1100. The van der Waals surface area contributed by atoms with Crippen LogP contribution in [0, 0.1) is 6.92 Å². The second-order valence-electron chi connectivity index (χ2n) is 6.13. The van der Waals surface area contributed by atoms with Gasteiger partial charge in [-0.2, -0.15) is 5.10 Å². The van der Waals surface area contributed by atoms with Crippen LogP contribution in [0.4, 0.5) is 5.69 Å². The molecule has 0 fully saturated rings. The van der Waals surface area contributed by atoms with Crippen molar-refractivity contribution >= 4 is 22.5 Å². The lowest BCUT2D eigenvalue weighted by Gasteiger charge is -2.07. The van der Waals surface area contributed by atoms with E-state index >= 15 is 0 Å². The van der Waals surface area contributed by atoms with Crippen molar-refractivity contribution in [1.29, 1.82) is 0 Å². The van der Waals surface area contributed by atoms with Gasteiger partial charge in [0, 0.05) is 36.1 Å². The van der Waals surface area contributed by atoms with Crippen LogP contribution in [0.15, 0.2) is 60.9 Å². The number of fused-ring (bicyclic) bond motifs is 1. The highest BCUT2D eigenvalue weighted by atomic mass is 16.2. The smallest absolute Gasteiger partial charge is 0.273 e. The molecule has 0 bridgehead atoms. The Morgan fingerprint density at radius 2 is 1.88 bits per heavy atom. The van der Waals surface area contributed by atoms with Gasteiger partial charge in [0.05, 0.1) is 5.52 Å². The van der Waals surface area contributed by atoms with Crippen molar-refractivity contribution < 1.29 is 4.79 Å². The summed E-state index contributed by atoms with van der Waals surface area (Å²) in [5.74, 6) is 0.459. The largest absolute Gasteiger partial charge is 0.321 e. The summed E-state index contributed by atoms with van der Waals surface area (Å²) in [7, 11) is 1.73. The Labute approximate surface area is 150 Å². The van der Waals surface area contributed by atoms with Gasteiger partial charge in [-0.05, 0) is 49.4 Å². The van der Waals surface area contributed by atoms with Crippen LogP contribution in [-0.2, 0) is 7.05 Å². The molecule has 1 N–H and O–H groups in total. The summed E-state index contributed by atoms with van der Waals surface area (Å²) < 4.78 is 1.54. The molecule has 4 rings (SSSR count). The molecule has 0 aliphatic carbocycles. The zero-order valence-corrected chi connectivity index (χ0v) is 14.5. The Hall–Kier alpha value is -3.54. The van der Waals surface area contributed by atoms with E-state index in [1.165, 1.54) is 10.2 Å². The first kappa shape index (κ1) is 16.0. The van der Waals surface area contributed by atoms with Crippen molar-refractivity contribution in [3.8, 4) is 11.4 Å². The van der Waals surface area contributed by atoms with Crippen LogP contribution in [0.25, 0.3) is 22.3 Å². The predicted octanol–water partition coefficient (Wildman–Crippen LogP) is 3.59. The molecule has 6 nitrogen and oxygen atoms in total. The number of carbonyl (C=O) groups excluding carboxylic acids is 1. The minimum atomic E-state index is -0.199. The minimum Gasteiger partial charge on any atom is -0.321 e. The number of anilines is 1. The topological polar surface area (TPSA) is 72.7 Å². The number of aromatic nitrogens is 4. The number of hydrogen-bond donors (Lipinski definition) is 1. The molecule has 2 aromatic carbocycles. The lowest BCUT2D eigenvalue weighted by atomic mass is 10.1. The first-order chi connectivity index (χ1) is 12.6. The minimum absolute atomic E-state index is 0.199. The highest BCUT2D eigenvalue weighted by molar-refractivity contribution is 6.03. The molecule has 6 heteroatoms. The second kappa shape index (κ2) is 6.40. The third kappa shape index (κ3) is 3.04. The molecule has 0 saturated heterocycles. The Morgan fingerprint density at radius 3 is 2.62 bits per heavy atom. The van der Waals surface area contributed by atoms with Gasteiger partial charge in [0.1, 0.15) is 5.69 Å². The van der Waals surface area contributed by atoms with E-state index in [4.69, 9.17) is 0 Å². The van der Waals surface area contributed by atoms with Crippen LogP contribution >= 0.6 is 0 Å². The zero-order chi connectivity index (χ0) is 18.1. The Balaban J connectivity index is 1.57. The number of benzene rings is 2. The van der Waals surface area contributed by atoms with E-state index < -0.39 is 0 Å². The highest BCUT2D eigenvalue weighted by Crippen LogP contribution is 2.21. The maximum atomic E-state index is 12.2. The van der Waals surface area contributed by atoms with E-state index in [2.05, 4.69) is 26.4 Å². The second-order valence-corrected chi connectivity index (χ2v) is 6.13. The van der Waals surface area contributed by atoms with Crippen LogP contribution in [0.3, 0.4) is 0 Å². The van der Waals surface area contributed by atoms with Crippen molar-refractivity contribution in [1.82, 2.24) is 19.7 Å². The number of nitrogens with zero attached hydrogens (tertiary/aromatic N) is 4. The molecule has 0 saturated carbocycles. The van der Waals surface area contributed by atoms with E-state index in [1.54, 1.807) is 19.3 Å². The number of rotatable bonds is 3. The standard InChI is InChI=1S/C20H17N5O/c1-13-3-8-17-15(11-13)12-21-19(24-17)14-4-6-16(7-5-14)23-20(26)18-9-10-22-25(18)2/h3-12H,1-2H3,(H,23,26). The molecular formula is C20H17N5O. The molecule has 0 atom stereocenters. The van der Waals surface area contributed by atoms with Gasteiger partial charge >= 0.3 is 0 Å². The van der Waals surface area contributed by atoms with Gasteiger partial charge in [0.2, 0.25) is 0 Å². The van der Waals surface area contributed by atoms with Crippen molar-refractivity contribution in [2.24, 2.45) is 7.05 Å². The van der Waals surface area contributed by atoms with Gasteiger partial charge in [0.15, 0.2) is 5.82 Å². The summed E-state index contributed by atoms with van der Waals surface area (Å²) in [5, 5.41) is 7.88. The number of hydrogen-bond acceptors (Lipinski definition) is 4. The highest BCUT2D eigenvalue weighted by Gasteiger charge is 2.10. The van der Waals surface area contributed by atoms with Crippen molar-refractivity contribution in [3.63, 3.8) is 0 Å².